The van der Waals surface area contributed by atoms with Crippen molar-refractivity contribution >= 4 is 17.0 Å². The molecule has 0 N–H and O–H groups in total. The summed E-state index contributed by atoms with van der Waals surface area (Å²) < 4.78 is 9.26. The Kier molecular flexibility index (Phi) is 7.37. The van der Waals surface area contributed by atoms with E-state index >= 15 is 0 Å². The van der Waals surface area contributed by atoms with Crippen LogP contribution in [0.5, 0.6) is 0 Å². The number of ether oxygens (including phenoxy) is 1. The zero-order chi connectivity index (χ0) is 25.9. The minimum absolute atomic E-state index is 0.122. The number of hydrogen-bond donors (Lipinski definition) is 0. The number of aromatic nitrogens is 5. The van der Waals surface area contributed by atoms with E-state index in [1.54, 1.807) is 4.68 Å². The highest BCUT2D eigenvalue weighted by atomic mass is 16.5. The van der Waals surface area contributed by atoms with Gasteiger partial charge in [0.2, 0.25) is 0 Å². The van der Waals surface area contributed by atoms with Crippen LogP contribution in [0.15, 0.2) is 48.8 Å². The lowest BCUT2D eigenvalue weighted by Gasteiger charge is -2.33. The zero-order valence-corrected chi connectivity index (χ0v) is 22.2. The van der Waals surface area contributed by atoms with E-state index in [-0.39, 0.29) is 18.3 Å². The second-order valence-electron chi connectivity index (χ2n) is 10.1. The molecule has 37 heavy (non-hydrogen) atoms. The quantitative estimate of drug-likeness (QED) is 0.326. The third kappa shape index (κ3) is 5.30. The maximum absolute atomic E-state index is 12.7. The van der Waals surface area contributed by atoms with E-state index in [0.717, 1.165) is 60.2 Å². The summed E-state index contributed by atoms with van der Waals surface area (Å²) in [7, 11) is 1.90. The first-order valence-electron chi connectivity index (χ1n) is 13.2. The molecule has 3 heterocycles. The maximum Gasteiger partial charge on any atom is 0.306 e. The first-order chi connectivity index (χ1) is 17.9. The van der Waals surface area contributed by atoms with Gasteiger partial charge in [0.15, 0.2) is 0 Å². The lowest BCUT2D eigenvalue weighted by atomic mass is 9.84. The molecule has 1 fully saturated rings. The Morgan fingerprint density at radius 3 is 2.86 bits per heavy atom. The van der Waals surface area contributed by atoms with E-state index < -0.39 is 0 Å². The largest absolute Gasteiger partial charge is 0.466 e. The first-order valence-corrected chi connectivity index (χ1v) is 13.2. The van der Waals surface area contributed by atoms with Crippen LogP contribution in [0.3, 0.4) is 0 Å². The minimum atomic E-state index is -0.189. The normalized spacial score (nSPS) is 17.2. The fourth-order valence-corrected chi connectivity index (χ4v) is 5.63. The average Bonchev–Trinajstić information content (AvgIpc) is 3.56. The number of rotatable bonds is 8. The number of hydrogen-bond acceptors (Lipinski definition) is 6. The molecule has 5 rings (SSSR count). The molecule has 8 heteroatoms. The Bertz CT molecular complexity index is 1380. The number of aryl methyl sites for hydroxylation is 3. The molecular weight excluding hydrogens is 464 g/mol. The molecule has 1 unspecified atom stereocenters. The van der Waals surface area contributed by atoms with Gasteiger partial charge in [-0.25, -0.2) is 4.68 Å². The molecule has 4 aromatic rings. The van der Waals surface area contributed by atoms with Crippen molar-refractivity contribution in [3.05, 3.63) is 76.6 Å². The molecule has 1 aliphatic rings. The fraction of sp³-hybridized carbons (Fsp3) is 0.448. The Morgan fingerprint density at radius 1 is 1.22 bits per heavy atom. The van der Waals surface area contributed by atoms with Crippen molar-refractivity contribution in [1.29, 1.82) is 0 Å². The van der Waals surface area contributed by atoms with Crippen LogP contribution in [-0.2, 0) is 23.1 Å². The smallest absolute Gasteiger partial charge is 0.306 e. The molecule has 2 aromatic heterocycles. The second-order valence-corrected chi connectivity index (χ2v) is 10.1. The van der Waals surface area contributed by atoms with Gasteiger partial charge in [0.25, 0.3) is 0 Å². The van der Waals surface area contributed by atoms with Gasteiger partial charge in [-0.1, -0.05) is 29.5 Å². The highest BCUT2D eigenvalue weighted by Crippen LogP contribution is 2.35. The van der Waals surface area contributed by atoms with Gasteiger partial charge in [0, 0.05) is 38.4 Å². The summed E-state index contributed by atoms with van der Waals surface area (Å²) in [6, 6.07) is 13.2. The predicted molar refractivity (Wildman–Crippen MR) is 143 cm³/mol. The number of benzene rings is 2. The van der Waals surface area contributed by atoms with E-state index in [2.05, 4.69) is 69.3 Å². The van der Waals surface area contributed by atoms with Crippen molar-refractivity contribution in [3.8, 4) is 0 Å². The zero-order valence-electron chi connectivity index (χ0n) is 22.2. The molecule has 2 atom stereocenters. The maximum atomic E-state index is 12.7. The number of carbonyl (C=O) groups is 1. The molecule has 8 nitrogen and oxygen atoms in total. The summed E-state index contributed by atoms with van der Waals surface area (Å²) in [5, 5.41) is 13.1. The number of esters is 1. The number of piperidine rings is 1. The van der Waals surface area contributed by atoms with Crippen LogP contribution in [0.1, 0.15) is 66.0 Å². The molecule has 0 amide bonds. The lowest BCUT2D eigenvalue weighted by molar-refractivity contribution is -0.143. The van der Waals surface area contributed by atoms with Crippen molar-refractivity contribution in [2.45, 2.75) is 58.5 Å². The predicted octanol–water partition coefficient (Wildman–Crippen LogP) is 4.70. The molecule has 2 aromatic carbocycles. The van der Waals surface area contributed by atoms with Crippen LogP contribution in [0.4, 0.5) is 0 Å². The monoisotopic (exact) mass is 500 g/mol. The third-order valence-electron chi connectivity index (χ3n) is 7.68. The number of fused-ring (bicyclic) bond motifs is 1. The lowest BCUT2D eigenvalue weighted by Crippen LogP contribution is -2.36. The Morgan fingerprint density at radius 2 is 2.08 bits per heavy atom. The van der Waals surface area contributed by atoms with Gasteiger partial charge in [-0.3, -0.25) is 14.4 Å². The molecular formula is C29H36N6O2. The third-order valence-corrected chi connectivity index (χ3v) is 7.68. The van der Waals surface area contributed by atoms with Crippen LogP contribution < -0.4 is 0 Å². The van der Waals surface area contributed by atoms with Gasteiger partial charge in [-0.15, -0.1) is 5.10 Å². The minimum Gasteiger partial charge on any atom is -0.466 e. The van der Waals surface area contributed by atoms with Crippen molar-refractivity contribution in [3.63, 3.8) is 0 Å². The summed E-state index contributed by atoms with van der Waals surface area (Å²) in [4.78, 5) is 15.3. The van der Waals surface area contributed by atoms with Gasteiger partial charge in [-0.2, -0.15) is 5.10 Å². The number of likely N-dealkylation sites (tertiary alicyclic amines) is 1. The van der Waals surface area contributed by atoms with E-state index in [1.165, 1.54) is 11.1 Å². The molecule has 0 bridgehead atoms. The molecule has 0 saturated carbocycles. The average molecular weight is 501 g/mol. The van der Waals surface area contributed by atoms with Crippen molar-refractivity contribution in [1.82, 2.24) is 29.7 Å². The van der Waals surface area contributed by atoms with Gasteiger partial charge in [-0.05, 0) is 80.1 Å². The Labute approximate surface area is 218 Å². The summed E-state index contributed by atoms with van der Waals surface area (Å²) in [6.45, 7) is 9.41. The highest BCUT2D eigenvalue weighted by Gasteiger charge is 2.25. The molecule has 194 valence electrons. The molecule has 1 aliphatic heterocycles. The number of carbonyl (C=O) groups excluding carboxylic acids is 1. The fourth-order valence-electron chi connectivity index (χ4n) is 5.63. The molecule has 1 saturated heterocycles. The van der Waals surface area contributed by atoms with Crippen LogP contribution >= 0.6 is 0 Å². The van der Waals surface area contributed by atoms with Crippen LogP contribution in [-0.4, -0.2) is 55.3 Å². The second kappa shape index (κ2) is 10.8. The molecule has 0 aliphatic carbocycles. The van der Waals surface area contributed by atoms with Crippen LogP contribution in [0.25, 0.3) is 11.0 Å². The van der Waals surface area contributed by atoms with Crippen molar-refractivity contribution < 1.29 is 9.53 Å². The Hall–Kier alpha value is -3.52. The van der Waals surface area contributed by atoms with Crippen molar-refractivity contribution in [2.24, 2.45) is 7.05 Å². The Balaban J connectivity index is 1.46. The standard InChI is InChI=1S/C29H36N6O2/c1-5-37-28(36)17-26(25-11-12-27-29(21(25)3)31-32-33(27)4)22-10-9-20(2)23(16-22)18-34-14-6-8-24(19-34)35-15-7-13-30-35/h7,9-13,15-16,24,26H,5-6,8,14,17-19H2,1-4H3/t24?,26-/m1/s1. The molecule has 0 spiro atoms. The van der Waals surface area contributed by atoms with E-state index in [0.29, 0.717) is 12.6 Å². The van der Waals surface area contributed by atoms with E-state index in [9.17, 15) is 4.79 Å². The van der Waals surface area contributed by atoms with Crippen LogP contribution in [0.2, 0.25) is 0 Å². The van der Waals surface area contributed by atoms with Crippen molar-refractivity contribution in [2.75, 3.05) is 19.7 Å². The summed E-state index contributed by atoms with van der Waals surface area (Å²) in [5.74, 6) is -0.311. The van der Waals surface area contributed by atoms with E-state index in [1.807, 2.05) is 32.3 Å². The van der Waals surface area contributed by atoms with Gasteiger partial charge in [0.05, 0.1) is 24.6 Å². The topological polar surface area (TPSA) is 78.1 Å². The summed E-state index contributed by atoms with van der Waals surface area (Å²) >= 11 is 0. The number of nitrogens with zero attached hydrogens (tertiary/aromatic N) is 6. The van der Waals surface area contributed by atoms with Gasteiger partial charge in [0.1, 0.15) is 5.52 Å². The SMILES string of the molecule is CCOC(=O)C[C@H](c1ccc(C)c(CN2CCCC(n3cccn3)C2)c1)c1ccc2c(nnn2C)c1C. The summed E-state index contributed by atoms with van der Waals surface area (Å²) in [6.07, 6.45) is 6.52. The van der Waals surface area contributed by atoms with Crippen LogP contribution in [0, 0.1) is 13.8 Å². The van der Waals surface area contributed by atoms with Gasteiger partial charge >= 0.3 is 5.97 Å². The molecule has 0 radical (unpaired) electrons. The van der Waals surface area contributed by atoms with E-state index in [4.69, 9.17) is 4.74 Å². The van der Waals surface area contributed by atoms with Gasteiger partial charge < -0.3 is 4.74 Å². The summed E-state index contributed by atoms with van der Waals surface area (Å²) in [5.41, 5.74) is 7.69. The highest BCUT2D eigenvalue weighted by molar-refractivity contribution is 5.80. The first kappa shape index (κ1) is 25.1.